The van der Waals surface area contributed by atoms with Crippen LogP contribution in [0.15, 0.2) is 24.3 Å². The Labute approximate surface area is 101 Å². The number of benzene rings is 1. The predicted octanol–water partition coefficient (Wildman–Crippen LogP) is 0.389. The second-order valence-electron chi connectivity index (χ2n) is 3.81. The van der Waals surface area contributed by atoms with Crippen LogP contribution in [0.25, 0.3) is 0 Å². The lowest BCUT2D eigenvalue weighted by molar-refractivity contribution is -0.113. The molecule has 0 aliphatic carbocycles. The molecule has 0 aliphatic rings. The van der Waals surface area contributed by atoms with Gasteiger partial charge in [-0.2, -0.15) is 0 Å². The first kappa shape index (κ1) is 13.7. The van der Waals surface area contributed by atoms with Gasteiger partial charge in [0, 0.05) is 18.5 Å². The minimum atomic E-state index is -3.30. The third-order valence-corrected chi connectivity index (χ3v) is 2.84. The highest BCUT2D eigenvalue weighted by Crippen LogP contribution is 2.14. The smallest absolute Gasteiger partial charge is 0.239 e. The summed E-state index contributed by atoms with van der Waals surface area (Å²) >= 11 is 0. The monoisotopic (exact) mass is 256 g/mol. The predicted molar refractivity (Wildman–Crippen MR) is 67.5 cm³/mol. The number of carbonyl (C=O) groups excluding carboxylic acids is 1. The summed E-state index contributed by atoms with van der Waals surface area (Å²) in [5.41, 5.74) is 1.55. The van der Waals surface area contributed by atoms with Gasteiger partial charge in [0.2, 0.25) is 5.91 Å². The molecule has 0 aliphatic heterocycles. The molecular weight excluding hydrogens is 240 g/mol. The summed E-state index contributed by atoms with van der Waals surface area (Å²) in [6.07, 6.45) is 1.03. The first-order valence-electron chi connectivity index (χ1n) is 5.12. The standard InChI is InChI=1S/C11H16N2O3S/c1-12-7-9-5-3-4-6-10(9)13-11(14)8-17(2,15)16/h3-6,12H,7-8H2,1-2H3,(H,13,14). The summed E-state index contributed by atoms with van der Waals surface area (Å²) in [7, 11) is -1.50. The fourth-order valence-electron chi connectivity index (χ4n) is 1.41. The number of carbonyl (C=O) groups is 1. The number of anilines is 1. The molecule has 0 unspecified atom stereocenters. The molecule has 0 saturated heterocycles. The van der Waals surface area contributed by atoms with E-state index in [2.05, 4.69) is 10.6 Å². The number of nitrogens with one attached hydrogen (secondary N) is 2. The molecule has 5 nitrogen and oxygen atoms in total. The van der Waals surface area contributed by atoms with Crippen molar-refractivity contribution in [2.75, 3.05) is 24.4 Å². The maximum absolute atomic E-state index is 11.5. The van der Waals surface area contributed by atoms with Gasteiger partial charge in [0.05, 0.1) is 0 Å². The number of rotatable bonds is 5. The molecule has 0 spiro atoms. The molecule has 0 bridgehead atoms. The van der Waals surface area contributed by atoms with Gasteiger partial charge >= 0.3 is 0 Å². The highest BCUT2D eigenvalue weighted by Gasteiger charge is 2.12. The zero-order valence-corrected chi connectivity index (χ0v) is 10.7. The van der Waals surface area contributed by atoms with Crippen LogP contribution < -0.4 is 10.6 Å². The minimum Gasteiger partial charge on any atom is -0.325 e. The summed E-state index contributed by atoms with van der Waals surface area (Å²) < 4.78 is 21.9. The van der Waals surface area contributed by atoms with Gasteiger partial charge in [-0.1, -0.05) is 18.2 Å². The molecule has 1 rings (SSSR count). The molecule has 0 radical (unpaired) electrons. The van der Waals surface area contributed by atoms with Crippen molar-refractivity contribution in [2.24, 2.45) is 0 Å². The Morgan fingerprint density at radius 1 is 1.29 bits per heavy atom. The lowest BCUT2D eigenvalue weighted by atomic mass is 10.2. The van der Waals surface area contributed by atoms with Crippen LogP contribution >= 0.6 is 0 Å². The molecule has 0 aromatic heterocycles. The molecule has 0 heterocycles. The van der Waals surface area contributed by atoms with Gasteiger partial charge in [-0.3, -0.25) is 4.79 Å². The largest absolute Gasteiger partial charge is 0.325 e. The quantitative estimate of drug-likeness (QED) is 0.799. The van der Waals surface area contributed by atoms with Crippen molar-refractivity contribution in [3.63, 3.8) is 0 Å². The fraction of sp³-hybridized carbons (Fsp3) is 0.364. The summed E-state index contributed by atoms with van der Waals surface area (Å²) in [6, 6.07) is 7.26. The van der Waals surface area contributed by atoms with Gasteiger partial charge in [0.15, 0.2) is 9.84 Å². The maximum Gasteiger partial charge on any atom is 0.239 e. The molecule has 0 saturated carbocycles. The summed E-state index contributed by atoms with van der Waals surface area (Å²) in [4.78, 5) is 11.5. The molecule has 94 valence electrons. The van der Waals surface area contributed by atoms with Crippen LogP contribution in [0, 0.1) is 0 Å². The number of hydrogen-bond donors (Lipinski definition) is 2. The van der Waals surface area contributed by atoms with Crippen LogP contribution in [0.2, 0.25) is 0 Å². The summed E-state index contributed by atoms with van der Waals surface area (Å²) in [6.45, 7) is 0.606. The van der Waals surface area contributed by atoms with E-state index in [-0.39, 0.29) is 0 Å². The van der Waals surface area contributed by atoms with Crippen molar-refractivity contribution in [3.8, 4) is 0 Å². The van der Waals surface area contributed by atoms with Gasteiger partial charge in [-0.25, -0.2) is 8.42 Å². The van der Waals surface area contributed by atoms with E-state index in [1.165, 1.54) is 0 Å². The number of sulfone groups is 1. The Morgan fingerprint density at radius 3 is 2.53 bits per heavy atom. The number of para-hydroxylation sites is 1. The van der Waals surface area contributed by atoms with E-state index in [0.29, 0.717) is 12.2 Å². The summed E-state index contributed by atoms with van der Waals surface area (Å²) in [5, 5.41) is 5.57. The Balaban J connectivity index is 2.77. The SMILES string of the molecule is CNCc1ccccc1NC(=O)CS(C)(=O)=O. The van der Waals surface area contributed by atoms with Crippen molar-refractivity contribution >= 4 is 21.4 Å². The van der Waals surface area contributed by atoms with Gasteiger partial charge in [0.25, 0.3) is 0 Å². The van der Waals surface area contributed by atoms with Crippen molar-refractivity contribution in [1.29, 1.82) is 0 Å². The normalized spacial score (nSPS) is 11.2. The Hall–Kier alpha value is -1.40. The average Bonchev–Trinajstić information content (AvgIpc) is 2.18. The third kappa shape index (κ3) is 4.97. The Kier molecular flexibility index (Phi) is 4.65. The minimum absolute atomic E-state index is 0.499. The fourth-order valence-corrected chi connectivity index (χ4v) is 1.96. The van der Waals surface area contributed by atoms with Crippen molar-refractivity contribution in [1.82, 2.24) is 5.32 Å². The van der Waals surface area contributed by atoms with Crippen molar-refractivity contribution in [3.05, 3.63) is 29.8 Å². The zero-order valence-electron chi connectivity index (χ0n) is 9.86. The van der Waals surface area contributed by atoms with Gasteiger partial charge in [-0.05, 0) is 18.7 Å². The molecule has 0 fully saturated rings. The number of amides is 1. The van der Waals surface area contributed by atoms with E-state index in [4.69, 9.17) is 0 Å². The highest BCUT2D eigenvalue weighted by molar-refractivity contribution is 7.91. The van der Waals surface area contributed by atoms with Crippen LogP contribution in [0.5, 0.6) is 0 Å². The van der Waals surface area contributed by atoms with E-state index in [9.17, 15) is 13.2 Å². The van der Waals surface area contributed by atoms with E-state index < -0.39 is 21.5 Å². The first-order valence-corrected chi connectivity index (χ1v) is 7.18. The van der Waals surface area contributed by atoms with Gasteiger partial charge < -0.3 is 10.6 Å². The third-order valence-electron chi connectivity index (χ3n) is 2.05. The molecule has 1 aromatic rings. The van der Waals surface area contributed by atoms with E-state index >= 15 is 0 Å². The van der Waals surface area contributed by atoms with Crippen LogP contribution in [-0.2, 0) is 21.2 Å². The second kappa shape index (κ2) is 5.79. The molecular formula is C11H16N2O3S. The van der Waals surface area contributed by atoms with Crippen LogP contribution in [0.1, 0.15) is 5.56 Å². The lowest BCUT2D eigenvalue weighted by Gasteiger charge is -2.10. The first-order chi connectivity index (χ1) is 7.92. The zero-order chi connectivity index (χ0) is 12.9. The van der Waals surface area contributed by atoms with Crippen LogP contribution in [-0.4, -0.2) is 33.4 Å². The highest BCUT2D eigenvalue weighted by atomic mass is 32.2. The Morgan fingerprint density at radius 2 is 1.94 bits per heavy atom. The van der Waals surface area contributed by atoms with Gasteiger partial charge in [-0.15, -0.1) is 0 Å². The Bertz CT molecular complexity index is 497. The van der Waals surface area contributed by atoms with Gasteiger partial charge in [0.1, 0.15) is 5.75 Å². The molecule has 1 aromatic carbocycles. The molecule has 0 atom stereocenters. The molecule has 6 heteroatoms. The van der Waals surface area contributed by atoms with Crippen LogP contribution in [0.3, 0.4) is 0 Å². The topological polar surface area (TPSA) is 75.3 Å². The van der Waals surface area contributed by atoms with Crippen LogP contribution in [0.4, 0.5) is 5.69 Å². The van der Waals surface area contributed by atoms with E-state index in [0.717, 1.165) is 11.8 Å². The average molecular weight is 256 g/mol. The number of hydrogen-bond acceptors (Lipinski definition) is 4. The molecule has 2 N–H and O–H groups in total. The van der Waals surface area contributed by atoms with Crippen molar-refractivity contribution in [2.45, 2.75) is 6.54 Å². The summed E-state index contributed by atoms with van der Waals surface area (Å²) in [5.74, 6) is -1.02. The van der Waals surface area contributed by atoms with Crippen molar-refractivity contribution < 1.29 is 13.2 Å². The maximum atomic E-state index is 11.5. The van der Waals surface area contributed by atoms with E-state index in [1.54, 1.807) is 19.2 Å². The second-order valence-corrected chi connectivity index (χ2v) is 5.95. The lowest BCUT2D eigenvalue weighted by Crippen LogP contribution is -2.23. The molecule has 1 amide bonds. The molecule has 17 heavy (non-hydrogen) atoms. The van der Waals surface area contributed by atoms with E-state index in [1.807, 2.05) is 12.1 Å².